The van der Waals surface area contributed by atoms with Gasteiger partial charge < -0.3 is 18.3 Å². The van der Waals surface area contributed by atoms with Crippen molar-refractivity contribution in [3.05, 3.63) is 54.1 Å². The van der Waals surface area contributed by atoms with E-state index < -0.39 is 0 Å². The fourth-order valence-corrected chi connectivity index (χ4v) is 1.92. The number of nitrogens with zero attached hydrogens (tertiary/aromatic N) is 1. The smallest absolute Gasteiger partial charge is 0.263 e. The van der Waals surface area contributed by atoms with Gasteiger partial charge in [0.1, 0.15) is 24.9 Å². The highest BCUT2D eigenvalue weighted by atomic mass is 16.5. The molecule has 0 saturated heterocycles. The van der Waals surface area contributed by atoms with Crippen LogP contribution in [0.15, 0.2) is 51.7 Å². The molecule has 0 aliphatic carbocycles. The van der Waals surface area contributed by atoms with Crippen molar-refractivity contribution in [1.29, 1.82) is 0 Å². The molecule has 0 saturated carbocycles. The molecule has 112 valence electrons. The number of hydrogen-bond donors (Lipinski definition) is 0. The van der Waals surface area contributed by atoms with Crippen LogP contribution in [0.25, 0.3) is 11.7 Å². The maximum atomic E-state index is 10.8. The van der Waals surface area contributed by atoms with Gasteiger partial charge in [0.25, 0.3) is 5.89 Å². The van der Waals surface area contributed by atoms with Crippen LogP contribution in [0.1, 0.15) is 16.1 Å². The third-order valence-corrected chi connectivity index (χ3v) is 2.98. The molecule has 6 nitrogen and oxygen atoms in total. The lowest BCUT2D eigenvalue weighted by Crippen LogP contribution is -1.98. The summed E-state index contributed by atoms with van der Waals surface area (Å²) in [5.74, 6) is 1.96. The van der Waals surface area contributed by atoms with E-state index in [2.05, 4.69) is 4.98 Å². The summed E-state index contributed by atoms with van der Waals surface area (Å²) in [5.41, 5.74) is 1.14. The Bertz CT molecular complexity index is 761. The molecular weight excluding hydrogens is 286 g/mol. The molecule has 0 bridgehead atoms. The highest BCUT2D eigenvalue weighted by Crippen LogP contribution is 2.28. The number of aromatic nitrogens is 1. The van der Waals surface area contributed by atoms with Gasteiger partial charge in [0.05, 0.1) is 13.4 Å². The Morgan fingerprint density at radius 1 is 1.23 bits per heavy atom. The maximum absolute atomic E-state index is 10.8. The Labute approximate surface area is 126 Å². The molecule has 6 heteroatoms. The van der Waals surface area contributed by atoms with E-state index in [1.54, 1.807) is 36.6 Å². The number of rotatable bonds is 6. The van der Waals surface area contributed by atoms with Gasteiger partial charge in [-0.1, -0.05) is 0 Å². The molecular formula is C16H13NO5. The minimum Gasteiger partial charge on any atom is -0.493 e. The van der Waals surface area contributed by atoms with Crippen LogP contribution in [-0.4, -0.2) is 18.4 Å². The number of benzene rings is 1. The van der Waals surface area contributed by atoms with Gasteiger partial charge in [-0.3, -0.25) is 4.79 Å². The van der Waals surface area contributed by atoms with Crippen molar-refractivity contribution in [2.24, 2.45) is 0 Å². The first-order valence-corrected chi connectivity index (χ1v) is 6.54. The lowest BCUT2D eigenvalue weighted by Gasteiger charge is -2.09. The third kappa shape index (κ3) is 2.85. The molecule has 2 heterocycles. The van der Waals surface area contributed by atoms with Crippen molar-refractivity contribution in [2.45, 2.75) is 6.61 Å². The summed E-state index contributed by atoms with van der Waals surface area (Å²) in [6, 6.07) is 8.46. The zero-order valence-electron chi connectivity index (χ0n) is 11.8. The molecule has 0 aliphatic heterocycles. The van der Waals surface area contributed by atoms with Crippen LogP contribution in [0.3, 0.4) is 0 Å². The predicted molar refractivity (Wildman–Crippen MR) is 76.9 cm³/mol. The largest absolute Gasteiger partial charge is 0.493 e. The second-order valence-corrected chi connectivity index (χ2v) is 4.44. The van der Waals surface area contributed by atoms with Gasteiger partial charge in [-0.15, -0.1) is 0 Å². The van der Waals surface area contributed by atoms with E-state index in [4.69, 9.17) is 18.3 Å². The van der Waals surface area contributed by atoms with Crippen molar-refractivity contribution < 1.29 is 23.1 Å². The normalized spacial score (nSPS) is 10.4. The minimum absolute atomic E-state index is 0.209. The predicted octanol–water partition coefficient (Wildman–Crippen LogP) is 3.33. The molecule has 0 radical (unpaired) electrons. The van der Waals surface area contributed by atoms with Crippen molar-refractivity contribution >= 4 is 6.29 Å². The second-order valence-electron chi connectivity index (χ2n) is 4.44. The first-order chi connectivity index (χ1) is 10.8. The summed E-state index contributed by atoms with van der Waals surface area (Å²) >= 11 is 0. The topological polar surface area (TPSA) is 74.7 Å². The van der Waals surface area contributed by atoms with E-state index in [-0.39, 0.29) is 6.61 Å². The van der Waals surface area contributed by atoms with Crippen LogP contribution in [-0.2, 0) is 6.61 Å². The SMILES string of the molecule is COc1cc(C=O)ccc1OCc1coc(-c2ccco2)n1. The first-order valence-electron chi connectivity index (χ1n) is 6.54. The Morgan fingerprint density at radius 3 is 2.86 bits per heavy atom. The Kier molecular flexibility index (Phi) is 3.91. The molecule has 3 rings (SSSR count). The van der Waals surface area contributed by atoms with Crippen LogP contribution in [0.2, 0.25) is 0 Å². The third-order valence-electron chi connectivity index (χ3n) is 2.98. The standard InChI is InChI=1S/C16H13NO5/c1-19-15-7-11(8-18)4-5-13(15)21-9-12-10-22-16(17-12)14-3-2-6-20-14/h2-8,10H,9H2,1H3. The van der Waals surface area contributed by atoms with E-state index in [0.29, 0.717) is 34.4 Å². The summed E-state index contributed by atoms with van der Waals surface area (Å²) in [6.45, 7) is 0.209. The summed E-state index contributed by atoms with van der Waals surface area (Å²) in [5, 5.41) is 0. The van der Waals surface area contributed by atoms with Gasteiger partial charge in [0.15, 0.2) is 17.3 Å². The quantitative estimate of drug-likeness (QED) is 0.650. The average Bonchev–Trinajstić information content (AvgIpc) is 3.23. The monoisotopic (exact) mass is 299 g/mol. The Hall–Kier alpha value is -3.02. The minimum atomic E-state index is 0.209. The lowest BCUT2D eigenvalue weighted by atomic mass is 10.2. The summed E-state index contributed by atoms with van der Waals surface area (Å²) < 4.78 is 21.4. The lowest BCUT2D eigenvalue weighted by molar-refractivity contribution is 0.112. The Morgan fingerprint density at radius 2 is 2.14 bits per heavy atom. The summed E-state index contributed by atoms with van der Waals surface area (Å²) in [4.78, 5) is 15.0. The molecule has 0 unspecified atom stereocenters. The first kappa shape index (κ1) is 13.9. The van der Waals surface area contributed by atoms with E-state index in [1.807, 2.05) is 0 Å². The van der Waals surface area contributed by atoms with Crippen LogP contribution < -0.4 is 9.47 Å². The number of ether oxygens (including phenoxy) is 2. The number of methoxy groups -OCH3 is 1. The highest BCUT2D eigenvalue weighted by Gasteiger charge is 2.11. The van der Waals surface area contributed by atoms with Crippen molar-refractivity contribution in [3.63, 3.8) is 0 Å². The zero-order valence-corrected chi connectivity index (χ0v) is 11.8. The number of carbonyl (C=O) groups is 1. The van der Waals surface area contributed by atoms with Crippen molar-refractivity contribution in [2.75, 3.05) is 7.11 Å². The number of aldehydes is 1. The highest BCUT2D eigenvalue weighted by molar-refractivity contribution is 5.76. The van der Waals surface area contributed by atoms with E-state index in [9.17, 15) is 4.79 Å². The van der Waals surface area contributed by atoms with E-state index in [0.717, 1.165) is 6.29 Å². The van der Waals surface area contributed by atoms with Gasteiger partial charge >= 0.3 is 0 Å². The van der Waals surface area contributed by atoms with Gasteiger partial charge in [0, 0.05) is 5.56 Å². The molecule has 0 fully saturated rings. The molecule has 1 aromatic carbocycles. The van der Waals surface area contributed by atoms with Crippen LogP contribution >= 0.6 is 0 Å². The van der Waals surface area contributed by atoms with Gasteiger partial charge in [-0.05, 0) is 30.3 Å². The van der Waals surface area contributed by atoms with Crippen LogP contribution in [0, 0.1) is 0 Å². The molecule has 0 amide bonds. The van der Waals surface area contributed by atoms with Gasteiger partial charge in [-0.25, -0.2) is 4.98 Å². The van der Waals surface area contributed by atoms with Crippen molar-refractivity contribution in [3.8, 4) is 23.1 Å². The zero-order chi connectivity index (χ0) is 15.4. The fourth-order valence-electron chi connectivity index (χ4n) is 1.92. The van der Waals surface area contributed by atoms with Crippen LogP contribution in [0.4, 0.5) is 0 Å². The molecule has 22 heavy (non-hydrogen) atoms. The number of carbonyl (C=O) groups excluding carboxylic acids is 1. The van der Waals surface area contributed by atoms with Crippen molar-refractivity contribution in [1.82, 2.24) is 4.98 Å². The molecule has 0 N–H and O–H groups in total. The molecule has 3 aromatic rings. The van der Waals surface area contributed by atoms with Crippen LogP contribution in [0.5, 0.6) is 11.5 Å². The van der Waals surface area contributed by atoms with Gasteiger partial charge in [0.2, 0.25) is 0 Å². The summed E-state index contributed by atoms with van der Waals surface area (Å²) in [7, 11) is 1.52. The second kappa shape index (κ2) is 6.17. The number of oxazole rings is 1. The molecule has 0 spiro atoms. The molecule has 2 aromatic heterocycles. The fraction of sp³-hybridized carbons (Fsp3) is 0.125. The average molecular weight is 299 g/mol. The van der Waals surface area contributed by atoms with E-state index in [1.165, 1.54) is 13.4 Å². The molecule has 0 atom stereocenters. The maximum Gasteiger partial charge on any atom is 0.263 e. The number of furan rings is 1. The summed E-state index contributed by atoms with van der Waals surface area (Å²) in [6.07, 6.45) is 3.80. The van der Waals surface area contributed by atoms with Gasteiger partial charge in [-0.2, -0.15) is 0 Å². The molecule has 0 aliphatic rings. The van der Waals surface area contributed by atoms with E-state index >= 15 is 0 Å². The number of hydrogen-bond acceptors (Lipinski definition) is 6. The Balaban J connectivity index is 1.71.